The van der Waals surface area contributed by atoms with Crippen molar-refractivity contribution in [1.82, 2.24) is 31.1 Å². The minimum atomic E-state index is -1.07. The van der Waals surface area contributed by atoms with Crippen LogP contribution in [0.2, 0.25) is 0 Å². The normalized spacial score (nSPS) is 25.4. The van der Waals surface area contributed by atoms with Crippen LogP contribution in [0.1, 0.15) is 64.3 Å². The standard InChI is InChI=1S/C32H44N8O6/c1-19-29(43)40-12-5-6-27(38-40)30(44)46-20(2)21-7-8-22-16-35-25(15-23(22)14-21)9-11-32(3,4)31(45)37-26(28(42)36-19)10-13-39(34)17-24(33)18-41/h7-9,11,14-17,19-20,26-27,38,41H,5-6,10,12-13,18,33-34H2,1-4H3,(H,36,42)(H,37,45)/b11-9+,24-17-/t19?,20-,26?,27+/m1/s1. The molecule has 3 heterocycles. The molecule has 4 atom stereocenters. The molecule has 248 valence electrons. The van der Waals surface area contributed by atoms with E-state index in [9.17, 15) is 24.3 Å². The van der Waals surface area contributed by atoms with Gasteiger partial charge in [0.1, 0.15) is 24.2 Å². The average Bonchev–Trinajstić information content (AvgIpc) is 3.04. The molecule has 0 radical (unpaired) electrons. The van der Waals surface area contributed by atoms with Crippen LogP contribution in [0.5, 0.6) is 0 Å². The Hall–Kier alpha value is -4.53. The second-order valence-electron chi connectivity index (χ2n) is 12.3. The monoisotopic (exact) mass is 636 g/mol. The number of nitrogens with zero attached hydrogens (tertiary/aromatic N) is 3. The highest BCUT2D eigenvalue weighted by molar-refractivity contribution is 5.94. The fraction of sp³-hybridized carbons (Fsp3) is 0.469. The van der Waals surface area contributed by atoms with Crippen molar-refractivity contribution in [3.05, 3.63) is 59.7 Å². The van der Waals surface area contributed by atoms with Crippen molar-refractivity contribution in [2.24, 2.45) is 17.0 Å². The Morgan fingerprint density at radius 2 is 1.93 bits per heavy atom. The molecule has 1 fully saturated rings. The average molecular weight is 637 g/mol. The maximum Gasteiger partial charge on any atom is 0.325 e. The maximum atomic E-state index is 13.5. The zero-order valence-corrected chi connectivity index (χ0v) is 26.7. The van der Waals surface area contributed by atoms with Crippen molar-refractivity contribution in [2.75, 3.05) is 19.7 Å². The molecule has 5 bridgehead atoms. The molecule has 0 aliphatic carbocycles. The molecular weight excluding hydrogens is 592 g/mol. The van der Waals surface area contributed by atoms with Gasteiger partial charge in [0.2, 0.25) is 11.8 Å². The van der Waals surface area contributed by atoms with E-state index in [0.717, 1.165) is 16.3 Å². The first kappa shape index (κ1) is 34.3. The predicted molar refractivity (Wildman–Crippen MR) is 171 cm³/mol. The Morgan fingerprint density at radius 1 is 1.17 bits per heavy atom. The molecule has 1 aromatic heterocycles. The number of amides is 3. The molecule has 14 nitrogen and oxygen atoms in total. The fourth-order valence-electron chi connectivity index (χ4n) is 5.15. The molecule has 1 aromatic carbocycles. The van der Waals surface area contributed by atoms with Crippen LogP contribution < -0.4 is 27.6 Å². The SMILES string of the molecule is CC1NC(=O)C(CCN(N)/C=C(\N)CO)NC(=O)C(C)(C)/C=C/c2cc3cc(ccc3cn2)[C@@H](C)OC(=O)[C@@H]2CCCN(N2)C1=O. The van der Waals surface area contributed by atoms with Crippen molar-refractivity contribution in [3.63, 3.8) is 0 Å². The second-order valence-corrected chi connectivity index (χ2v) is 12.3. The third-order valence-corrected chi connectivity index (χ3v) is 8.06. The Labute approximate surface area is 268 Å². The molecule has 2 unspecified atom stereocenters. The summed E-state index contributed by atoms with van der Waals surface area (Å²) < 4.78 is 5.80. The summed E-state index contributed by atoms with van der Waals surface area (Å²) in [5, 5.41) is 19.0. The number of fused-ring (bicyclic) bond motifs is 4. The van der Waals surface area contributed by atoms with Crippen LogP contribution in [0.25, 0.3) is 16.8 Å². The lowest BCUT2D eigenvalue weighted by molar-refractivity contribution is -0.157. The van der Waals surface area contributed by atoms with Gasteiger partial charge in [0.15, 0.2) is 0 Å². The van der Waals surface area contributed by atoms with Crippen LogP contribution in [-0.4, -0.2) is 81.6 Å². The predicted octanol–water partition coefficient (Wildman–Crippen LogP) is 0.735. The number of esters is 1. The van der Waals surface area contributed by atoms with Crippen LogP contribution in [0.4, 0.5) is 0 Å². The highest BCUT2D eigenvalue weighted by Crippen LogP contribution is 2.26. The zero-order chi connectivity index (χ0) is 33.6. The summed E-state index contributed by atoms with van der Waals surface area (Å²) in [7, 11) is 0. The number of aliphatic hydroxyl groups excluding tert-OH is 1. The number of ether oxygens (including phenoxy) is 1. The summed E-state index contributed by atoms with van der Waals surface area (Å²) in [6, 6.07) is 4.79. The lowest BCUT2D eigenvalue weighted by atomic mass is 9.90. The number of rotatable bonds is 5. The van der Waals surface area contributed by atoms with E-state index in [-0.39, 0.29) is 18.7 Å². The quantitative estimate of drug-likeness (QED) is 0.153. The molecule has 14 heteroatoms. The number of cyclic esters (lactones) is 1. The lowest BCUT2D eigenvalue weighted by Crippen LogP contribution is -2.61. The van der Waals surface area contributed by atoms with Crippen LogP contribution in [0, 0.1) is 5.41 Å². The molecule has 8 N–H and O–H groups in total. The van der Waals surface area contributed by atoms with Gasteiger partial charge in [-0.2, -0.15) is 0 Å². The number of nitrogens with two attached hydrogens (primary N) is 2. The third kappa shape index (κ3) is 8.59. The number of aliphatic hydroxyl groups is 1. The zero-order valence-electron chi connectivity index (χ0n) is 26.7. The van der Waals surface area contributed by atoms with E-state index in [2.05, 4.69) is 21.0 Å². The lowest BCUT2D eigenvalue weighted by Gasteiger charge is -2.35. The van der Waals surface area contributed by atoms with Gasteiger partial charge in [-0.1, -0.05) is 18.2 Å². The number of carbonyl (C=O) groups is 4. The smallest absolute Gasteiger partial charge is 0.325 e. The molecule has 4 rings (SSSR count). The molecule has 1 saturated heterocycles. The van der Waals surface area contributed by atoms with E-state index < -0.39 is 59.9 Å². The van der Waals surface area contributed by atoms with Crippen molar-refractivity contribution < 1.29 is 29.0 Å². The highest BCUT2D eigenvalue weighted by Gasteiger charge is 2.34. The maximum absolute atomic E-state index is 13.5. The van der Waals surface area contributed by atoms with E-state index in [1.165, 1.54) is 23.1 Å². The number of hydrogen-bond acceptors (Lipinski definition) is 11. The molecule has 2 aliphatic rings. The molecular formula is C32H44N8O6. The number of pyridine rings is 1. The minimum absolute atomic E-state index is 0.0621. The fourth-order valence-corrected chi connectivity index (χ4v) is 5.15. The number of carbonyl (C=O) groups excluding carboxylic acids is 4. The van der Waals surface area contributed by atoms with E-state index in [1.54, 1.807) is 39.1 Å². The molecule has 46 heavy (non-hydrogen) atoms. The van der Waals surface area contributed by atoms with Gasteiger partial charge in [-0.15, -0.1) is 0 Å². The van der Waals surface area contributed by atoms with Crippen molar-refractivity contribution >= 4 is 40.5 Å². The summed E-state index contributed by atoms with van der Waals surface area (Å²) in [6.07, 6.45) is 7.03. The molecule has 2 aromatic rings. The number of hydrazine groups is 2. The summed E-state index contributed by atoms with van der Waals surface area (Å²) in [5.41, 5.74) is 9.09. The van der Waals surface area contributed by atoms with Crippen molar-refractivity contribution in [2.45, 2.75) is 71.2 Å². The van der Waals surface area contributed by atoms with Crippen LogP contribution >= 0.6 is 0 Å². The molecule has 2 aliphatic heterocycles. The Balaban J connectivity index is 1.67. The van der Waals surface area contributed by atoms with Gasteiger partial charge in [-0.05, 0) is 76.1 Å². The Kier molecular flexibility index (Phi) is 11.0. The number of aromatic nitrogens is 1. The summed E-state index contributed by atoms with van der Waals surface area (Å²) in [4.78, 5) is 58.1. The van der Waals surface area contributed by atoms with Crippen LogP contribution in [0.3, 0.4) is 0 Å². The van der Waals surface area contributed by atoms with Gasteiger partial charge in [-0.25, -0.2) is 11.3 Å². The largest absolute Gasteiger partial charge is 0.457 e. The summed E-state index contributed by atoms with van der Waals surface area (Å²) >= 11 is 0. The number of benzene rings is 1. The van der Waals surface area contributed by atoms with Crippen LogP contribution in [0.15, 0.2) is 48.4 Å². The number of nitrogens with one attached hydrogen (secondary N) is 3. The van der Waals surface area contributed by atoms with Crippen molar-refractivity contribution in [3.8, 4) is 0 Å². The van der Waals surface area contributed by atoms with Crippen LogP contribution in [-0.2, 0) is 23.9 Å². The van der Waals surface area contributed by atoms with Gasteiger partial charge in [0.25, 0.3) is 5.91 Å². The molecule has 3 amide bonds. The summed E-state index contributed by atoms with van der Waals surface area (Å²) in [5.74, 6) is 4.00. The van der Waals surface area contributed by atoms with Gasteiger partial charge in [0.05, 0.1) is 23.4 Å². The van der Waals surface area contributed by atoms with Gasteiger partial charge >= 0.3 is 5.97 Å². The number of hydrogen-bond donors (Lipinski definition) is 6. The van der Waals surface area contributed by atoms with Gasteiger partial charge in [0, 0.05) is 30.9 Å². The minimum Gasteiger partial charge on any atom is -0.457 e. The van der Waals surface area contributed by atoms with Gasteiger partial charge in [-0.3, -0.25) is 29.2 Å². The summed E-state index contributed by atoms with van der Waals surface area (Å²) in [6.45, 7) is 6.77. The van der Waals surface area contributed by atoms with E-state index in [4.69, 9.17) is 16.3 Å². The Morgan fingerprint density at radius 3 is 2.67 bits per heavy atom. The topological polar surface area (TPSA) is 205 Å². The Bertz CT molecular complexity index is 1530. The first-order valence-corrected chi connectivity index (χ1v) is 15.3. The van der Waals surface area contributed by atoms with E-state index in [1.807, 2.05) is 24.3 Å². The molecule has 0 saturated carbocycles. The first-order valence-electron chi connectivity index (χ1n) is 15.3. The van der Waals surface area contributed by atoms with Crippen molar-refractivity contribution in [1.29, 1.82) is 0 Å². The van der Waals surface area contributed by atoms with Gasteiger partial charge < -0.3 is 31.2 Å². The molecule has 0 spiro atoms. The van der Waals surface area contributed by atoms with E-state index in [0.29, 0.717) is 25.1 Å². The second kappa shape index (κ2) is 14.7. The highest BCUT2D eigenvalue weighted by atomic mass is 16.5. The van der Waals surface area contributed by atoms with E-state index >= 15 is 0 Å². The first-order chi connectivity index (χ1) is 21.8. The third-order valence-electron chi connectivity index (χ3n) is 8.06.